The van der Waals surface area contributed by atoms with Gasteiger partial charge in [0.1, 0.15) is 17.6 Å². The second kappa shape index (κ2) is 8.58. The van der Waals surface area contributed by atoms with Crippen molar-refractivity contribution in [2.24, 2.45) is 7.05 Å². The van der Waals surface area contributed by atoms with Gasteiger partial charge in [-0.1, -0.05) is 0 Å². The highest BCUT2D eigenvalue weighted by Gasteiger charge is 2.33. The zero-order chi connectivity index (χ0) is 23.9. The summed E-state index contributed by atoms with van der Waals surface area (Å²) in [6.07, 6.45) is 4.59. The molecule has 4 aromatic rings. The van der Waals surface area contributed by atoms with Gasteiger partial charge in [0, 0.05) is 49.7 Å². The van der Waals surface area contributed by atoms with Crippen LogP contribution in [-0.2, 0) is 13.2 Å². The molecule has 178 valence electrons. The molecule has 0 spiro atoms. The van der Waals surface area contributed by atoms with E-state index in [1.807, 2.05) is 37.2 Å². The number of nitrogens with one attached hydrogen (secondary N) is 1. The first kappa shape index (κ1) is 22.1. The van der Waals surface area contributed by atoms with Gasteiger partial charge >= 0.3 is 12.2 Å². The number of pyridine rings is 1. The Morgan fingerprint density at radius 2 is 1.91 bits per heavy atom. The van der Waals surface area contributed by atoms with Crippen LogP contribution in [0.2, 0.25) is 0 Å². The van der Waals surface area contributed by atoms with Gasteiger partial charge in [-0.15, -0.1) is 0 Å². The molecule has 9 nitrogen and oxygen atoms in total. The summed E-state index contributed by atoms with van der Waals surface area (Å²) in [6.45, 7) is 0. The molecular formula is C22H23F3N8O. The van der Waals surface area contributed by atoms with E-state index < -0.39 is 11.9 Å². The molecule has 1 saturated carbocycles. The third-order valence-electron chi connectivity index (χ3n) is 6.01. The number of aryl methyl sites for hydroxylation is 1. The molecule has 1 fully saturated rings. The predicted octanol–water partition coefficient (Wildman–Crippen LogP) is 4.25. The van der Waals surface area contributed by atoms with Crippen LogP contribution in [-0.4, -0.2) is 47.7 Å². The van der Waals surface area contributed by atoms with E-state index in [0.29, 0.717) is 12.8 Å². The van der Waals surface area contributed by atoms with Crippen molar-refractivity contribution in [1.29, 1.82) is 0 Å². The number of aromatic nitrogens is 7. The van der Waals surface area contributed by atoms with Crippen molar-refractivity contribution in [3.8, 4) is 17.3 Å². The van der Waals surface area contributed by atoms with Crippen LogP contribution in [0.4, 0.5) is 19.0 Å². The zero-order valence-electron chi connectivity index (χ0n) is 18.6. The highest BCUT2D eigenvalue weighted by Crippen LogP contribution is 2.36. The van der Waals surface area contributed by atoms with E-state index in [2.05, 4.69) is 25.4 Å². The second-order valence-corrected chi connectivity index (χ2v) is 8.30. The van der Waals surface area contributed by atoms with Gasteiger partial charge in [-0.2, -0.15) is 28.4 Å². The molecule has 0 amide bonds. The first-order valence-corrected chi connectivity index (χ1v) is 10.9. The number of alkyl halides is 3. The molecule has 12 heteroatoms. The fraction of sp³-hybridized carbons (Fsp3) is 0.409. The number of halogens is 3. The summed E-state index contributed by atoms with van der Waals surface area (Å²) in [5.41, 5.74) is 1.67. The third kappa shape index (κ3) is 4.27. The van der Waals surface area contributed by atoms with Crippen LogP contribution in [0.1, 0.15) is 37.4 Å². The Morgan fingerprint density at radius 1 is 1.12 bits per heavy atom. The molecule has 0 aromatic carbocycles. The molecule has 5 rings (SSSR count). The number of hydrogen-bond donors (Lipinski definition) is 1. The van der Waals surface area contributed by atoms with Crippen molar-refractivity contribution < 1.29 is 17.9 Å². The van der Waals surface area contributed by atoms with Gasteiger partial charge in [0.2, 0.25) is 0 Å². The maximum atomic E-state index is 12.9. The number of rotatable bonds is 5. The van der Waals surface area contributed by atoms with E-state index in [1.54, 1.807) is 10.9 Å². The molecule has 1 aliphatic rings. The Kier molecular flexibility index (Phi) is 5.58. The Bertz CT molecular complexity index is 1310. The Balaban J connectivity index is 1.37. The molecule has 0 aliphatic heterocycles. The topological polar surface area (TPSA) is 95.6 Å². The van der Waals surface area contributed by atoms with Crippen LogP contribution in [0, 0.1) is 0 Å². The van der Waals surface area contributed by atoms with E-state index >= 15 is 0 Å². The smallest absolute Gasteiger partial charge is 0.433 e. The zero-order valence-corrected chi connectivity index (χ0v) is 18.6. The average molecular weight is 472 g/mol. The monoisotopic (exact) mass is 472 g/mol. The molecule has 1 aliphatic carbocycles. The van der Waals surface area contributed by atoms with Crippen molar-refractivity contribution in [2.45, 2.75) is 44.0 Å². The lowest BCUT2D eigenvalue weighted by atomic mass is 9.93. The summed E-state index contributed by atoms with van der Waals surface area (Å²) in [4.78, 5) is 11.8. The molecule has 4 aromatic heterocycles. The van der Waals surface area contributed by atoms with Gasteiger partial charge in [-0.3, -0.25) is 9.36 Å². The predicted molar refractivity (Wildman–Crippen MR) is 118 cm³/mol. The lowest BCUT2D eigenvalue weighted by molar-refractivity contribution is -0.141. The lowest BCUT2D eigenvalue weighted by Gasteiger charge is -2.29. The van der Waals surface area contributed by atoms with E-state index in [0.717, 1.165) is 53.1 Å². The molecule has 0 radical (unpaired) electrons. The van der Waals surface area contributed by atoms with Crippen LogP contribution >= 0.6 is 0 Å². The molecule has 34 heavy (non-hydrogen) atoms. The molecule has 0 saturated heterocycles. The first-order chi connectivity index (χ1) is 16.3. The Hall–Kier alpha value is -3.70. The molecule has 0 bridgehead atoms. The normalized spacial score (nSPS) is 18.9. The van der Waals surface area contributed by atoms with Crippen molar-refractivity contribution in [3.63, 3.8) is 0 Å². The summed E-state index contributed by atoms with van der Waals surface area (Å²) >= 11 is 0. The van der Waals surface area contributed by atoms with E-state index in [9.17, 15) is 13.2 Å². The average Bonchev–Trinajstić information content (AvgIpc) is 3.42. The van der Waals surface area contributed by atoms with E-state index in [4.69, 9.17) is 9.84 Å². The summed E-state index contributed by atoms with van der Waals surface area (Å²) in [5, 5.41) is 13.2. The summed E-state index contributed by atoms with van der Waals surface area (Å²) in [6, 6.07) is 2.68. The summed E-state index contributed by atoms with van der Waals surface area (Å²) < 4.78 is 48.2. The molecule has 4 heterocycles. The Labute approximate surface area is 193 Å². The number of ether oxygens (including phenoxy) is 1. The molecule has 0 unspecified atom stereocenters. The van der Waals surface area contributed by atoms with Gasteiger partial charge in [-0.25, -0.2) is 9.97 Å². The van der Waals surface area contributed by atoms with Crippen LogP contribution < -0.4 is 10.1 Å². The minimum absolute atomic E-state index is 0.113. The number of anilines is 1. The fourth-order valence-electron chi connectivity index (χ4n) is 4.32. The van der Waals surface area contributed by atoms with E-state index in [-0.39, 0.29) is 18.2 Å². The standard InChI is InChI=1S/C22H23F3N8O/c1-26-19-9-17-16(11-28-19)20(13-10-29-32(2)12-13)31-33(17)14-3-5-15(6-4-14)34-21-27-8-7-18(30-21)22(23,24)25/h7-12,14-15H,3-6H2,1-2H3,(H,26,28). The molecule has 0 atom stereocenters. The largest absolute Gasteiger partial charge is 0.460 e. The van der Waals surface area contributed by atoms with Crippen LogP contribution in [0.5, 0.6) is 6.01 Å². The quantitative estimate of drug-likeness (QED) is 0.464. The number of hydrogen-bond acceptors (Lipinski definition) is 7. The maximum Gasteiger partial charge on any atom is 0.433 e. The van der Waals surface area contributed by atoms with Crippen molar-refractivity contribution in [3.05, 3.63) is 42.6 Å². The van der Waals surface area contributed by atoms with Gasteiger partial charge in [-0.05, 0) is 31.7 Å². The number of fused-ring (bicyclic) bond motifs is 1. The SMILES string of the molecule is CNc1cc2c(cn1)c(-c1cnn(C)c1)nn2C1CCC(Oc2nccc(C(F)(F)F)n2)CC1. The molecular weight excluding hydrogens is 449 g/mol. The van der Waals surface area contributed by atoms with Crippen LogP contribution in [0.3, 0.4) is 0 Å². The van der Waals surface area contributed by atoms with E-state index in [1.165, 1.54) is 0 Å². The lowest BCUT2D eigenvalue weighted by Crippen LogP contribution is -2.27. The summed E-state index contributed by atoms with van der Waals surface area (Å²) in [5.74, 6) is 0.741. The fourth-order valence-corrected chi connectivity index (χ4v) is 4.32. The van der Waals surface area contributed by atoms with Crippen LogP contribution in [0.15, 0.2) is 36.9 Å². The van der Waals surface area contributed by atoms with Gasteiger partial charge in [0.25, 0.3) is 0 Å². The van der Waals surface area contributed by atoms with Crippen molar-refractivity contribution in [1.82, 2.24) is 34.5 Å². The molecule has 1 N–H and O–H groups in total. The summed E-state index contributed by atoms with van der Waals surface area (Å²) in [7, 11) is 3.67. The van der Waals surface area contributed by atoms with Crippen molar-refractivity contribution in [2.75, 3.05) is 12.4 Å². The minimum atomic E-state index is -4.53. The van der Waals surface area contributed by atoms with Gasteiger partial charge in [0.05, 0.1) is 17.8 Å². The highest BCUT2D eigenvalue weighted by atomic mass is 19.4. The van der Waals surface area contributed by atoms with Crippen molar-refractivity contribution >= 4 is 16.7 Å². The van der Waals surface area contributed by atoms with Gasteiger partial charge < -0.3 is 10.1 Å². The Morgan fingerprint density at radius 3 is 2.59 bits per heavy atom. The second-order valence-electron chi connectivity index (χ2n) is 8.30. The third-order valence-corrected chi connectivity index (χ3v) is 6.01. The van der Waals surface area contributed by atoms with Gasteiger partial charge in [0.15, 0.2) is 5.69 Å². The first-order valence-electron chi connectivity index (χ1n) is 10.9. The maximum absolute atomic E-state index is 12.9. The highest BCUT2D eigenvalue weighted by molar-refractivity contribution is 5.93. The number of nitrogens with zero attached hydrogens (tertiary/aromatic N) is 7. The van der Waals surface area contributed by atoms with Crippen LogP contribution in [0.25, 0.3) is 22.2 Å². The minimum Gasteiger partial charge on any atom is -0.460 e.